The van der Waals surface area contributed by atoms with Gasteiger partial charge in [0.15, 0.2) is 0 Å². The van der Waals surface area contributed by atoms with Crippen molar-refractivity contribution in [2.75, 3.05) is 12.4 Å². The van der Waals surface area contributed by atoms with Crippen LogP contribution in [0.2, 0.25) is 0 Å². The minimum atomic E-state index is -0.402. The van der Waals surface area contributed by atoms with Crippen molar-refractivity contribution < 1.29 is 9.84 Å². The van der Waals surface area contributed by atoms with Crippen LogP contribution in [0, 0.1) is 0 Å². The fraction of sp³-hybridized carbons (Fsp3) is 0.176. The summed E-state index contributed by atoms with van der Waals surface area (Å²) in [5.74, 6) is 0.907. The summed E-state index contributed by atoms with van der Waals surface area (Å²) in [6.07, 6.45) is 1.56. The summed E-state index contributed by atoms with van der Waals surface area (Å²) in [7, 11) is 1.53. The van der Waals surface area contributed by atoms with E-state index >= 15 is 0 Å². The molecule has 7 heteroatoms. The molecule has 6 nitrogen and oxygen atoms in total. The average Bonchev–Trinajstić information content (AvgIpc) is 2.62. The lowest BCUT2D eigenvalue weighted by molar-refractivity contribution is 0.280. The number of hydrogen-bond acceptors (Lipinski definition) is 5. The molecule has 2 heterocycles. The molecular weight excluding hydrogens is 421 g/mol. The Bertz CT molecular complexity index is 940. The number of benzene rings is 1. The second kappa shape index (κ2) is 7.18. The number of aliphatic hydroxyl groups is 1. The van der Waals surface area contributed by atoms with Crippen LogP contribution < -0.4 is 15.6 Å². The second-order valence-electron chi connectivity index (χ2n) is 5.16. The van der Waals surface area contributed by atoms with Gasteiger partial charge in [-0.05, 0) is 29.8 Å². The predicted molar refractivity (Wildman–Crippen MR) is 101 cm³/mol. The number of nitrogens with one attached hydrogen (secondary N) is 1. The summed E-state index contributed by atoms with van der Waals surface area (Å²) in [6, 6.07) is 11.3. The molecular formula is C17H16IN3O3. The van der Waals surface area contributed by atoms with E-state index in [2.05, 4.69) is 32.9 Å². The Hall–Kier alpha value is -2.13. The Morgan fingerprint density at radius 3 is 2.88 bits per heavy atom. The molecule has 24 heavy (non-hydrogen) atoms. The van der Waals surface area contributed by atoms with Gasteiger partial charge >= 0.3 is 0 Å². The van der Waals surface area contributed by atoms with Crippen molar-refractivity contribution in [3.05, 3.63) is 64.1 Å². The van der Waals surface area contributed by atoms with Crippen molar-refractivity contribution in [2.24, 2.45) is 0 Å². The first kappa shape index (κ1) is 16.7. The minimum Gasteiger partial charge on any atom is -0.495 e. The molecule has 0 bridgehead atoms. The van der Waals surface area contributed by atoms with Gasteiger partial charge in [-0.25, -0.2) is 4.98 Å². The Morgan fingerprint density at radius 1 is 1.33 bits per heavy atom. The molecule has 0 amide bonds. The quantitative estimate of drug-likeness (QED) is 0.475. The van der Waals surface area contributed by atoms with E-state index in [4.69, 9.17) is 4.74 Å². The number of anilines is 2. The molecule has 0 aliphatic heterocycles. The number of ether oxygens (including phenoxy) is 1. The first-order valence-electron chi connectivity index (χ1n) is 7.28. The Labute approximate surface area is 152 Å². The second-order valence-corrected chi connectivity index (χ2v) is 5.92. The van der Waals surface area contributed by atoms with E-state index in [1.54, 1.807) is 18.3 Å². The van der Waals surface area contributed by atoms with Crippen LogP contribution in [0.25, 0.3) is 5.65 Å². The maximum Gasteiger partial charge on any atom is 0.265 e. The highest BCUT2D eigenvalue weighted by Gasteiger charge is 2.13. The van der Waals surface area contributed by atoms with Crippen molar-refractivity contribution in [1.29, 1.82) is 0 Å². The Kier molecular flexibility index (Phi) is 5.00. The van der Waals surface area contributed by atoms with Crippen LogP contribution in [0.3, 0.4) is 0 Å². The molecule has 3 rings (SSSR count). The van der Waals surface area contributed by atoms with Crippen molar-refractivity contribution in [1.82, 2.24) is 9.38 Å². The van der Waals surface area contributed by atoms with E-state index in [0.29, 0.717) is 17.2 Å². The predicted octanol–water partition coefficient (Wildman–Crippen LogP) is 2.87. The molecule has 1 aromatic carbocycles. The first-order valence-corrected chi connectivity index (χ1v) is 8.81. The van der Waals surface area contributed by atoms with Crippen LogP contribution in [0.4, 0.5) is 11.5 Å². The fourth-order valence-electron chi connectivity index (χ4n) is 2.39. The van der Waals surface area contributed by atoms with Gasteiger partial charge < -0.3 is 15.2 Å². The van der Waals surface area contributed by atoms with Crippen LogP contribution in [-0.4, -0.2) is 21.6 Å². The number of aliphatic hydroxyl groups excluding tert-OH is 1. The van der Waals surface area contributed by atoms with Crippen molar-refractivity contribution in [3.8, 4) is 5.75 Å². The maximum atomic E-state index is 12.6. The summed E-state index contributed by atoms with van der Waals surface area (Å²) < 4.78 is 7.39. The lowest BCUT2D eigenvalue weighted by atomic mass is 10.2. The van der Waals surface area contributed by atoms with Gasteiger partial charge in [0, 0.05) is 10.1 Å². The third-order valence-electron chi connectivity index (χ3n) is 3.63. The zero-order chi connectivity index (χ0) is 17.1. The number of fused-ring (bicyclic) bond motifs is 1. The Morgan fingerprint density at radius 2 is 2.17 bits per heavy atom. The molecule has 0 fully saturated rings. The molecule has 0 aliphatic rings. The van der Waals surface area contributed by atoms with Crippen LogP contribution in [-0.2, 0) is 11.0 Å². The summed E-state index contributed by atoms with van der Waals surface area (Å²) >= 11 is 2.29. The van der Waals surface area contributed by atoms with Crippen LogP contribution >= 0.6 is 22.6 Å². The Balaban J connectivity index is 2.11. The first-order chi connectivity index (χ1) is 11.7. The highest BCUT2D eigenvalue weighted by Crippen LogP contribution is 2.21. The van der Waals surface area contributed by atoms with Gasteiger partial charge in [0.25, 0.3) is 5.56 Å². The fourth-order valence-corrected chi connectivity index (χ4v) is 2.87. The third kappa shape index (κ3) is 3.22. The van der Waals surface area contributed by atoms with Gasteiger partial charge in [0.05, 0.1) is 25.5 Å². The van der Waals surface area contributed by atoms with Crippen LogP contribution in [0.15, 0.2) is 47.4 Å². The summed E-state index contributed by atoms with van der Waals surface area (Å²) in [5, 5.41) is 12.8. The van der Waals surface area contributed by atoms with Crippen LogP contribution in [0.5, 0.6) is 5.75 Å². The molecule has 0 saturated heterocycles. The number of pyridine rings is 1. The zero-order valence-corrected chi connectivity index (χ0v) is 15.1. The third-order valence-corrected chi connectivity index (χ3v) is 4.51. The molecule has 124 valence electrons. The molecule has 0 atom stereocenters. The van der Waals surface area contributed by atoms with Gasteiger partial charge in [0.2, 0.25) is 0 Å². The van der Waals surface area contributed by atoms with Gasteiger partial charge in [-0.15, -0.1) is 0 Å². The van der Waals surface area contributed by atoms with Crippen molar-refractivity contribution in [3.63, 3.8) is 0 Å². The molecule has 2 N–H and O–H groups in total. The number of hydrogen-bond donors (Lipinski definition) is 2. The van der Waals surface area contributed by atoms with E-state index in [1.165, 1.54) is 11.5 Å². The van der Waals surface area contributed by atoms with E-state index < -0.39 is 6.61 Å². The number of halogens is 1. The molecule has 0 saturated carbocycles. The van der Waals surface area contributed by atoms with Crippen LogP contribution in [0.1, 0.15) is 11.1 Å². The summed E-state index contributed by atoms with van der Waals surface area (Å²) in [5.41, 5.74) is 2.34. The highest BCUT2D eigenvalue weighted by molar-refractivity contribution is 14.1. The maximum absolute atomic E-state index is 12.6. The lowest BCUT2D eigenvalue weighted by Crippen LogP contribution is -2.22. The largest absolute Gasteiger partial charge is 0.495 e. The molecule has 3 aromatic rings. The molecule has 0 spiro atoms. The monoisotopic (exact) mass is 437 g/mol. The molecule has 2 aromatic heterocycles. The molecule has 0 unspecified atom stereocenters. The summed E-state index contributed by atoms with van der Waals surface area (Å²) in [4.78, 5) is 17.1. The zero-order valence-electron chi connectivity index (χ0n) is 13.0. The number of nitrogens with zero attached hydrogens (tertiary/aromatic N) is 2. The standard InChI is InChI=1S/C17H16IN3O3/c1-24-13-5-6-15-20-16(14(10-22)17(23)21(15)9-13)19-12-4-2-3-11(7-12)8-18/h2-7,9,19,22H,8,10H2,1H3. The molecule has 0 radical (unpaired) electrons. The van der Waals surface area contributed by atoms with Crippen molar-refractivity contribution >= 4 is 39.7 Å². The average molecular weight is 437 g/mol. The number of aromatic nitrogens is 2. The number of rotatable bonds is 5. The van der Waals surface area contributed by atoms with Gasteiger partial charge in [-0.3, -0.25) is 9.20 Å². The van der Waals surface area contributed by atoms with Gasteiger partial charge in [-0.1, -0.05) is 34.7 Å². The smallest absolute Gasteiger partial charge is 0.265 e. The van der Waals surface area contributed by atoms with E-state index in [-0.39, 0.29) is 11.1 Å². The van der Waals surface area contributed by atoms with E-state index in [0.717, 1.165) is 15.7 Å². The normalized spacial score (nSPS) is 10.8. The summed E-state index contributed by atoms with van der Waals surface area (Å²) in [6.45, 7) is -0.402. The minimum absolute atomic E-state index is 0.209. The lowest BCUT2D eigenvalue weighted by Gasteiger charge is -2.12. The number of alkyl halides is 1. The van der Waals surface area contributed by atoms with Gasteiger partial charge in [-0.2, -0.15) is 0 Å². The van der Waals surface area contributed by atoms with E-state index in [1.807, 2.05) is 24.3 Å². The van der Waals surface area contributed by atoms with Crippen molar-refractivity contribution in [2.45, 2.75) is 11.0 Å². The highest BCUT2D eigenvalue weighted by atomic mass is 127. The number of methoxy groups -OCH3 is 1. The topological polar surface area (TPSA) is 75.9 Å². The SMILES string of the molecule is COc1ccc2nc(Nc3cccc(CI)c3)c(CO)c(=O)n2c1. The molecule has 0 aliphatic carbocycles. The van der Waals surface area contributed by atoms with E-state index in [9.17, 15) is 9.90 Å². The van der Waals surface area contributed by atoms with Gasteiger partial charge in [0.1, 0.15) is 17.2 Å².